The average Bonchev–Trinajstić information content (AvgIpc) is 3.14. The number of nitrogens with zero attached hydrogens (tertiary/aromatic N) is 6. The lowest BCUT2D eigenvalue weighted by Gasteiger charge is -2.39. The third-order valence-corrected chi connectivity index (χ3v) is 9.57. The van der Waals surface area contributed by atoms with E-state index in [0.29, 0.717) is 0 Å². The van der Waals surface area contributed by atoms with Crippen molar-refractivity contribution in [1.29, 1.82) is 0 Å². The molecular weight excluding hydrogens is 695 g/mol. The molecule has 4 aromatic rings. The topological polar surface area (TPSA) is 177 Å². The van der Waals surface area contributed by atoms with E-state index in [4.69, 9.17) is 13.6 Å². The second kappa shape index (κ2) is 15.6. The highest BCUT2D eigenvalue weighted by atomic mass is 31.2. The fraction of sp³-hybridized carbons (Fsp3) is 0.257. The van der Waals surface area contributed by atoms with Gasteiger partial charge in [0.05, 0.1) is 44.8 Å². The molecule has 5 rings (SSSR count). The largest absolute Gasteiger partial charge is 0.530 e. The molecule has 16 nitrogen and oxygen atoms in total. The highest BCUT2D eigenvalue weighted by Gasteiger charge is 2.46. The molecular formula is C35H37N6O10P. The molecule has 1 aliphatic rings. The summed E-state index contributed by atoms with van der Waals surface area (Å²) in [4.78, 5) is 80.8. The van der Waals surface area contributed by atoms with Gasteiger partial charge in [0.15, 0.2) is 0 Å². The van der Waals surface area contributed by atoms with E-state index in [0.717, 1.165) is 38.5 Å². The number of benzene rings is 2. The Morgan fingerprint density at radius 3 is 1.27 bits per heavy atom. The smallest absolute Gasteiger partial charge is 0.404 e. The summed E-state index contributed by atoms with van der Waals surface area (Å²) in [6, 6.07) is 16.2. The van der Waals surface area contributed by atoms with Gasteiger partial charge in [-0.1, -0.05) is 66.8 Å². The number of phosphoric acid groups is 1. The SMILES string of the molecule is C=CCn1c(=O)n(CC=C)c(=O)n(CC2(Cn3c(=O)n(CC=C)c(=O)n(CC=C)c3=O)COP(=O)(Oc3ccc(-c4ccccc4)cc3)OC2)c1=O. The van der Waals surface area contributed by atoms with Gasteiger partial charge in [0.2, 0.25) is 0 Å². The molecule has 0 atom stereocenters. The maximum atomic E-state index is 13.8. The Hall–Kier alpha value is -5.83. The maximum Gasteiger partial charge on any atom is 0.530 e. The molecule has 1 saturated heterocycles. The number of rotatable bonds is 15. The highest BCUT2D eigenvalue weighted by molar-refractivity contribution is 7.49. The van der Waals surface area contributed by atoms with Crippen LogP contribution in [0.2, 0.25) is 0 Å². The van der Waals surface area contributed by atoms with Gasteiger partial charge in [-0.3, -0.25) is 9.05 Å². The lowest BCUT2D eigenvalue weighted by atomic mass is 9.89. The van der Waals surface area contributed by atoms with E-state index in [1.807, 2.05) is 30.3 Å². The number of hydrogen-bond donors (Lipinski definition) is 0. The second-order valence-corrected chi connectivity index (χ2v) is 13.5. The van der Waals surface area contributed by atoms with Crippen molar-refractivity contribution in [2.75, 3.05) is 13.2 Å². The molecule has 17 heteroatoms. The summed E-state index contributed by atoms with van der Waals surface area (Å²) in [6.45, 7) is 11.0. The summed E-state index contributed by atoms with van der Waals surface area (Å²) in [5, 5.41) is 0. The van der Waals surface area contributed by atoms with Crippen molar-refractivity contribution in [1.82, 2.24) is 27.4 Å². The molecule has 0 bridgehead atoms. The van der Waals surface area contributed by atoms with Gasteiger partial charge in [-0.25, -0.2) is 60.7 Å². The van der Waals surface area contributed by atoms with Gasteiger partial charge in [0.25, 0.3) is 0 Å². The van der Waals surface area contributed by atoms with Gasteiger partial charge in [0, 0.05) is 13.1 Å². The first-order valence-electron chi connectivity index (χ1n) is 16.0. The van der Waals surface area contributed by atoms with Gasteiger partial charge in [-0.05, 0) is 23.3 Å². The third kappa shape index (κ3) is 7.44. The quantitative estimate of drug-likeness (QED) is 0.130. The maximum absolute atomic E-state index is 13.8. The minimum atomic E-state index is -4.36. The van der Waals surface area contributed by atoms with Crippen LogP contribution in [-0.4, -0.2) is 40.6 Å². The first-order valence-corrected chi connectivity index (χ1v) is 17.4. The summed E-state index contributed by atoms with van der Waals surface area (Å²) >= 11 is 0. The molecule has 1 aliphatic heterocycles. The zero-order valence-electron chi connectivity index (χ0n) is 28.2. The Labute approximate surface area is 295 Å². The molecule has 52 heavy (non-hydrogen) atoms. The second-order valence-electron chi connectivity index (χ2n) is 11.9. The lowest BCUT2D eigenvalue weighted by molar-refractivity contribution is -0.0271. The molecule has 3 heterocycles. The van der Waals surface area contributed by atoms with Crippen LogP contribution in [0, 0.1) is 5.41 Å². The van der Waals surface area contributed by atoms with Crippen LogP contribution < -0.4 is 38.7 Å². The molecule has 0 saturated carbocycles. The summed E-state index contributed by atoms with van der Waals surface area (Å²) in [5.41, 5.74) is -5.76. The monoisotopic (exact) mass is 732 g/mol. The van der Waals surface area contributed by atoms with Gasteiger partial charge in [-0.15, -0.1) is 26.3 Å². The summed E-state index contributed by atoms with van der Waals surface area (Å²) < 4.78 is 35.5. The zero-order valence-corrected chi connectivity index (χ0v) is 29.1. The summed E-state index contributed by atoms with van der Waals surface area (Å²) in [6.07, 6.45) is 5.18. The van der Waals surface area contributed by atoms with E-state index in [1.165, 1.54) is 24.3 Å². The molecule has 2 aromatic heterocycles. The lowest BCUT2D eigenvalue weighted by Crippen LogP contribution is -2.60. The molecule has 0 spiro atoms. The van der Waals surface area contributed by atoms with Crippen LogP contribution in [0.3, 0.4) is 0 Å². The molecule has 2 aromatic carbocycles. The predicted molar refractivity (Wildman–Crippen MR) is 194 cm³/mol. The summed E-state index contributed by atoms with van der Waals surface area (Å²) in [5.74, 6) is 0.149. The highest BCUT2D eigenvalue weighted by Crippen LogP contribution is 2.55. The van der Waals surface area contributed by atoms with E-state index in [1.54, 1.807) is 24.3 Å². The normalized spacial score (nSPS) is 14.7. The molecule has 0 N–H and O–H groups in total. The van der Waals surface area contributed by atoms with Gasteiger partial charge < -0.3 is 4.52 Å². The van der Waals surface area contributed by atoms with E-state index < -0.39 is 73.7 Å². The number of aromatic nitrogens is 6. The van der Waals surface area contributed by atoms with Crippen LogP contribution in [0.4, 0.5) is 0 Å². The van der Waals surface area contributed by atoms with Crippen LogP contribution in [0.25, 0.3) is 11.1 Å². The fourth-order valence-electron chi connectivity index (χ4n) is 5.71. The average molecular weight is 733 g/mol. The minimum Gasteiger partial charge on any atom is -0.404 e. The molecule has 0 radical (unpaired) electrons. The Morgan fingerprint density at radius 2 is 0.904 bits per heavy atom. The van der Waals surface area contributed by atoms with Crippen molar-refractivity contribution in [2.24, 2.45) is 5.41 Å². The number of allylic oxidation sites excluding steroid dienone is 4. The van der Waals surface area contributed by atoms with Crippen LogP contribution >= 0.6 is 7.82 Å². The van der Waals surface area contributed by atoms with Crippen molar-refractivity contribution in [3.8, 4) is 16.9 Å². The third-order valence-electron chi connectivity index (χ3n) is 8.24. The van der Waals surface area contributed by atoms with Crippen molar-refractivity contribution < 1.29 is 18.1 Å². The van der Waals surface area contributed by atoms with Crippen molar-refractivity contribution in [3.05, 3.63) is 168 Å². The van der Waals surface area contributed by atoms with E-state index in [2.05, 4.69) is 26.3 Å². The van der Waals surface area contributed by atoms with Crippen molar-refractivity contribution >= 4 is 7.82 Å². The van der Waals surface area contributed by atoms with Crippen LogP contribution in [-0.2, 0) is 52.9 Å². The fourth-order valence-corrected chi connectivity index (χ4v) is 7.14. The Morgan fingerprint density at radius 1 is 0.558 bits per heavy atom. The first kappa shape index (κ1) is 37.4. The molecule has 272 valence electrons. The Balaban J connectivity index is 1.59. The Bertz CT molecular complexity index is 2210. The van der Waals surface area contributed by atoms with E-state index in [-0.39, 0.29) is 31.9 Å². The number of hydrogen-bond acceptors (Lipinski definition) is 10. The van der Waals surface area contributed by atoms with Crippen LogP contribution in [0.5, 0.6) is 5.75 Å². The predicted octanol–water partition coefficient (Wildman–Crippen LogP) is 1.99. The van der Waals surface area contributed by atoms with E-state index >= 15 is 0 Å². The minimum absolute atomic E-state index is 0.149. The standard InChI is InChI=1S/C35H37N6O10P/c1-5-18-36-29(42)37(19-6-2)32(45)40(31(36)44)22-35(23-41-33(46)38(20-7-3)30(43)39(21-8-4)34(41)47)24-49-52(48,50-25-35)51-28-16-14-27(15-17-28)26-12-10-9-11-13-26/h5-17H,1-4,18-25H2. The summed E-state index contributed by atoms with van der Waals surface area (Å²) in [7, 11) is -4.36. The van der Waals surface area contributed by atoms with Crippen molar-refractivity contribution in [3.63, 3.8) is 0 Å². The van der Waals surface area contributed by atoms with Crippen molar-refractivity contribution in [2.45, 2.75) is 39.3 Å². The van der Waals surface area contributed by atoms with Gasteiger partial charge in [-0.2, -0.15) is 0 Å². The molecule has 0 aliphatic carbocycles. The van der Waals surface area contributed by atoms with Crippen LogP contribution in [0.1, 0.15) is 0 Å². The van der Waals surface area contributed by atoms with E-state index in [9.17, 15) is 33.3 Å². The van der Waals surface area contributed by atoms with Gasteiger partial charge in [0.1, 0.15) is 5.75 Å². The van der Waals surface area contributed by atoms with Gasteiger partial charge >= 0.3 is 42.0 Å². The molecule has 0 amide bonds. The first-order chi connectivity index (χ1) is 24.9. The van der Waals surface area contributed by atoms with Crippen LogP contribution in [0.15, 0.2) is 134 Å². The molecule has 0 unspecified atom stereocenters. The molecule has 1 fully saturated rings. The number of phosphoric ester groups is 1. The Kier molecular flexibility index (Phi) is 11.2. The zero-order chi connectivity index (χ0) is 37.6.